The molecule has 2 rings (SSSR count). The predicted molar refractivity (Wildman–Crippen MR) is 101 cm³/mol. The van der Waals surface area contributed by atoms with E-state index in [1.165, 1.54) is 6.08 Å². The second-order valence-corrected chi connectivity index (χ2v) is 6.19. The van der Waals surface area contributed by atoms with Crippen LogP contribution in [0.2, 0.25) is 0 Å². The number of hydrogen-bond acceptors (Lipinski definition) is 6. The largest absolute Gasteiger partial charge is 0.469 e. The lowest BCUT2D eigenvalue weighted by Gasteiger charge is -2.26. The first-order chi connectivity index (χ1) is 13.4. The average molecular weight is 388 g/mol. The monoisotopic (exact) mass is 388 g/mol. The second kappa shape index (κ2) is 9.12. The highest BCUT2D eigenvalue weighted by atomic mass is 19.1. The Morgan fingerprint density at radius 1 is 0.893 bits per heavy atom. The lowest BCUT2D eigenvalue weighted by atomic mass is 9.80. The summed E-state index contributed by atoms with van der Waals surface area (Å²) in [5.41, 5.74) is -1.63. The summed E-state index contributed by atoms with van der Waals surface area (Å²) in [5.74, 6) is -3.80. The van der Waals surface area contributed by atoms with Crippen molar-refractivity contribution in [1.29, 1.82) is 0 Å². The zero-order valence-electron chi connectivity index (χ0n) is 15.9. The summed E-state index contributed by atoms with van der Waals surface area (Å²) in [4.78, 5) is 36.4. The standard InChI is InChI=1S/C21H21FO6/c1-26-18(23)13-21(19(24)27-2,20(25)28-3)12-17(22)11-14-8-9-15-6-4-5-7-16(15)10-14/h4-11H,12-13H2,1-3H3/b17-11-. The average Bonchev–Trinajstić information content (AvgIpc) is 2.71. The lowest BCUT2D eigenvalue weighted by Crippen LogP contribution is -2.43. The summed E-state index contributed by atoms with van der Waals surface area (Å²) in [7, 11) is 3.19. The zero-order chi connectivity index (χ0) is 20.7. The molecule has 2 aromatic rings. The molecule has 0 radical (unpaired) electrons. The molecule has 0 aliphatic carbocycles. The van der Waals surface area contributed by atoms with E-state index in [2.05, 4.69) is 14.2 Å². The highest BCUT2D eigenvalue weighted by molar-refractivity contribution is 6.03. The van der Waals surface area contributed by atoms with E-state index in [4.69, 9.17) is 0 Å². The molecule has 2 aromatic carbocycles. The van der Waals surface area contributed by atoms with Crippen LogP contribution in [0.25, 0.3) is 16.8 Å². The number of methoxy groups -OCH3 is 3. The Balaban J connectivity index is 2.42. The van der Waals surface area contributed by atoms with Crippen molar-refractivity contribution in [2.24, 2.45) is 5.41 Å². The molecule has 0 spiro atoms. The van der Waals surface area contributed by atoms with Gasteiger partial charge in [0.2, 0.25) is 0 Å². The van der Waals surface area contributed by atoms with E-state index in [0.29, 0.717) is 5.56 Å². The van der Waals surface area contributed by atoms with Crippen molar-refractivity contribution >= 4 is 34.8 Å². The minimum Gasteiger partial charge on any atom is -0.469 e. The topological polar surface area (TPSA) is 78.9 Å². The summed E-state index contributed by atoms with van der Waals surface area (Å²) in [6.45, 7) is 0. The first-order valence-corrected chi connectivity index (χ1v) is 8.45. The van der Waals surface area contributed by atoms with E-state index in [0.717, 1.165) is 32.1 Å². The number of benzene rings is 2. The van der Waals surface area contributed by atoms with Gasteiger partial charge in [-0.3, -0.25) is 14.4 Å². The van der Waals surface area contributed by atoms with Gasteiger partial charge >= 0.3 is 17.9 Å². The Labute approximate surface area is 161 Å². The molecule has 148 valence electrons. The molecule has 0 N–H and O–H groups in total. The van der Waals surface area contributed by atoms with E-state index in [1.807, 2.05) is 30.3 Å². The summed E-state index contributed by atoms with van der Waals surface area (Å²) >= 11 is 0. The van der Waals surface area contributed by atoms with Crippen molar-refractivity contribution in [3.05, 3.63) is 53.9 Å². The number of carbonyl (C=O) groups excluding carboxylic acids is 3. The number of halogens is 1. The molecular weight excluding hydrogens is 367 g/mol. The van der Waals surface area contributed by atoms with Crippen molar-refractivity contribution in [3.63, 3.8) is 0 Å². The Morgan fingerprint density at radius 3 is 2.07 bits per heavy atom. The minimum absolute atomic E-state index is 0.540. The minimum atomic E-state index is -2.17. The van der Waals surface area contributed by atoms with Gasteiger partial charge in [-0.25, -0.2) is 4.39 Å². The molecule has 0 bridgehead atoms. The molecule has 28 heavy (non-hydrogen) atoms. The molecule has 0 heterocycles. The molecule has 0 saturated heterocycles. The summed E-state index contributed by atoms with van der Waals surface area (Å²) in [5, 5.41) is 1.90. The number of hydrogen-bond donors (Lipinski definition) is 0. The zero-order valence-corrected chi connectivity index (χ0v) is 15.9. The van der Waals surface area contributed by atoms with Crippen LogP contribution < -0.4 is 0 Å². The maximum absolute atomic E-state index is 14.8. The number of fused-ring (bicyclic) bond motifs is 1. The SMILES string of the molecule is COC(=O)CC(C/C(F)=C/c1ccc2ccccc2c1)(C(=O)OC)C(=O)OC. The van der Waals surface area contributed by atoms with Gasteiger partial charge in [0.1, 0.15) is 5.83 Å². The van der Waals surface area contributed by atoms with Crippen molar-refractivity contribution in [2.45, 2.75) is 12.8 Å². The van der Waals surface area contributed by atoms with Gasteiger partial charge in [-0.15, -0.1) is 0 Å². The van der Waals surface area contributed by atoms with E-state index in [-0.39, 0.29) is 0 Å². The van der Waals surface area contributed by atoms with Gasteiger partial charge in [-0.1, -0.05) is 36.4 Å². The molecule has 0 aliphatic rings. The third-order valence-electron chi connectivity index (χ3n) is 4.39. The van der Waals surface area contributed by atoms with Gasteiger partial charge in [0, 0.05) is 6.42 Å². The van der Waals surface area contributed by atoms with Gasteiger partial charge in [0.15, 0.2) is 5.41 Å². The highest BCUT2D eigenvalue weighted by Gasteiger charge is 2.51. The van der Waals surface area contributed by atoms with Crippen LogP contribution in [0.1, 0.15) is 18.4 Å². The smallest absolute Gasteiger partial charge is 0.324 e. The van der Waals surface area contributed by atoms with E-state index < -0.39 is 42.0 Å². The number of allylic oxidation sites excluding steroid dienone is 1. The number of rotatable bonds is 7. The number of carbonyl (C=O) groups is 3. The lowest BCUT2D eigenvalue weighted by molar-refractivity contribution is -0.174. The molecule has 0 saturated carbocycles. The van der Waals surface area contributed by atoms with Crippen LogP contribution in [0.3, 0.4) is 0 Å². The van der Waals surface area contributed by atoms with Crippen LogP contribution in [0.5, 0.6) is 0 Å². The quantitative estimate of drug-likeness (QED) is 0.411. The molecular formula is C21H21FO6. The fraction of sp³-hybridized carbons (Fsp3) is 0.286. The summed E-state index contributed by atoms with van der Waals surface area (Å²) < 4.78 is 28.7. The fourth-order valence-corrected chi connectivity index (χ4v) is 2.96. The molecule has 0 aliphatic heterocycles. The van der Waals surface area contributed by atoms with Crippen LogP contribution in [0.15, 0.2) is 48.3 Å². The molecule has 0 aromatic heterocycles. The molecule has 7 heteroatoms. The molecule has 0 fully saturated rings. The van der Waals surface area contributed by atoms with Gasteiger partial charge in [0.05, 0.1) is 27.8 Å². The van der Waals surface area contributed by atoms with Crippen molar-refractivity contribution in [3.8, 4) is 0 Å². The van der Waals surface area contributed by atoms with Gasteiger partial charge < -0.3 is 14.2 Å². The Kier molecular flexibility index (Phi) is 6.87. The van der Waals surface area contributed by atoms with Crippen LogP contribution in [-0.2, 0) is 28.6 Å². The van der Waals surface area contributed by atoms with Crippen molar-refractivity contribution < 1.29 is 33.0 Å². The van der Waals surface area contributed by atoms with Gasteiger partial charge in [0.25, 0.3) is 0 Å². The Hall–Kier alpha value is -3.22. The predicted octanol–water partition coefficient (Wildman–Crippen LogP) is 3.44. The maximum atomic E-state index is 14.8. The summed E-state index contributed by atoms with van der Waals surface area (Å²) in [6.07, 6.45) is -0.208. The summed E-state index contributed by atoms with van der Waals surface area (Å²) in [6, 6.07) is 12.9. The van der Waals surface area contributed by atoms with Gasteiger partial charge in [-0.2, -0.15) is 0 Å². The van der Waals surface area contributed by atoms with E-state index in [9.17, 15) is 18.8 Å². The van der Waals surface area contributed by atoms with Crippen LogP contribution in [0.4, 0.5) is 4.39 Å². The fourth-order valence-electron chi connectivity index (χ4n) is 2.96. The molecule has 6 nitrogen and oxygen atoms in total. The Morgan fingerprint density at radius 2 is 1.50 bits per heavy atom. The third-order valence-corrected chi connectivity index (χ3v) is 4.39. The van der Waals surface area contributed by atoms with E-state index >= 15 is 0 Å². The van der Waals surface area contributed by atoms with Gasteiger partial charge in [-0.05, 0) is 28.5 Å². The maximum Gasteiger partial charge on any atom is 0.324 e. The molecule has 0 amide bonds. The van der Waals surface area contributed by atoms with Crippen LogP contribution in [-0.4, -0.2) is 39.2 Å². The van der Waals surface area contributed by atoms with Crippen LogP contribution in [0, 0.1) is 5.41 Å². The van der Waals surface area contributed by atoms with Crippen molar-refractivity contribution in [1.82, 2.24) is 0 Å². The molecule has 0 atom stereocenters. The third kappa shape index (κ3) is 4.54. The van der Waals surface area contributed by atoms with E-state index in [1.54, 1.807) is 12.1 Å². The normalized spacial score (nSPS) is 11.8. The highest BCUT2D eigenvalue weighted by Crippen LogP contribution is 2.35. The first-order valence-electron chi connectivity index (χ1n) is 8.45. The number of ether oxygens (including phenoxy) is 3. The van der Waals surface area contributed by atoms with Crippen molar-refractivity contribution in [2.75, 3.05) is 21.3 Å². The molecule has 0 unspecified atom stereocenters. The van der Waals surface area contributed by atoms with Crippen LogP contribution >= 0.6 is 0 Å². The first kappa shape index (κ1) is 21.1. The Bertz CT molecular complexity index is 902. The second-order valence-electron chi connectivity index (χ2n) is 6.19. The number of esters is 3.